The molecular weight excluding hydrogens is 306 g/mol. The van der Waals surface area contributed by atoms with Crippen LogP contribution in [0.4, 0.5) is 0 Å². The maximum Gasteiger partial charge on any atom is 0.250 e. The van der Waals surface area contributed by atoms with Crippen molar-refractivity contribution in [3.8, 4) is 5.75 Å². The molecule has 4 nitrogen and oxygen atoms in total. The Hall–Kier alpha value is -1.37. The fourth-order valence-electron chi connectivity index (χ4n) is 2.10. The Morgan fingerprint density at radius 1 is 1.19 bits per heavy atom. The SMILES string of the molecule is COc1ccc(C)cc1C(C)NS(=O)(=O)c1ccc(C)s1. The number of aryl methyl sites for hydroxylation is 2. The van der Waals surface area contributed by atoms with Crippen LogP contribution in [0.2, 0.25) is 0 Å². The molecule has 0 fully saturated rings. The molecule has 114 valence electrons. The third-order valence-corrected chi connectivity index (χ3v) is 6.20. The summed E-state index contributed by atoms with van der Waals surface area (Å²) in [7, 11) is -1.93. The second-order valence-corrected chi connectivity index (χ2v) is 8.18. The Bertz CT molecular complexity index is 735. The third-order valence-electron chi connectivity index (χ3n) is 3.16. The van der Waals surface area contributed by atoms with Gasteiger partial charge in [-0.25, -0.2) is 13.1 Å². The van der Waals surface area contributed by atoms with Crippen LogP contribution in [0.15, 0.2) is 34.5 Å². The van der Waals surface area contributed by atoms with Gasteiger partial charge in [0.1, 0.15) is 9.96 Å². The Morgan fingerprint density at radius 2 is 1.90 bits per heavy atom. The van der Waals surface area contributed by atoms with E-state index in [1.54, 1.807) is 19.2 Å². The molecule has 0 amide bonds. The molecule has 0 aliphatic carbocycles. The van der Waals surface area contributed by atoms with Crippen LogP contribution in [0.5, 0.6) is 5.75 Å². The molecule has 0 saturated carbocycles. The van der Waals surface area contributed by atoms with Crippen LogP contribution in [0, 0.1) is 13.8 Å². The smallest absolute Gasteiger partial charge is 0.250 e. The lowest BCUT2D eigenvalue weighted by atomic mass is 10.1. The molecule has 0 saturated heterocycles. The van der Waals surface area contributed by atoms with Gasteiger partial charge in [0, 0.05) is 16.5 Å². The summed E-state index contributed by atoms with van der Waals surface area (Å²) in [5.74, 6) is 0.679. The van der Waals surface area contributed by atoms with E-state index in [-0.39, 0.29) is 6.04 Å². The highest BCUT2D eigenvalue weighted by molar-refractivity contribution is 7.91. The normalized spacial score (nSPS) is 13.1. The van der Waals surface area contributed by atoms with Gasteiger partial charge < -0.3 is 4.74 Å². The first-order valence-corrected chi connectivity index (χ1v) is 8.87. The summed E-state index contributed by atoms with van der Waals surface area (Å²) in [6.45, 7) is 5.67. The highest BCUT2D eigenvalue weighted by Gasteiger charge is 2.21. The number of benzene rings is 1. The lowest BCUT2D eigenvalue weighted by Crippen LogP contribution is -2.26. The molecule has 1 aromatic carbocycles. The molecule has 6 heteroatoms. The van der Waals surface area contributed by atoms with Crippen LogP contribution in [-0.2, 0) is 10.0 Å². The first-order chi connectivity index (χ1) is 9.83. The number of nitrogens with one attached hydrogen (secondary N) is 1. The van der Waals surface area contributed by atoms with Gasteiger partial charge in [-0.2, -0.15) is 0 Å². The Balaban J connectivity index is 2.29. The van der Waals surface area contributed by atoms with E-state index in [4.69, 9.17) is 4.74 Å². The van der Waals surface area contributed by atoms with Gasteiger partial charge in [-0.3, -0.25) is 0 Å². The number of hydrogen-bond acceptors (Lipinski definition) is 4. The van der Waals surface area contributed by atoms with E-state index in [1.807, 2.05) is 39.0 Å². The fourth-order valence-corrected chi connectivity index (χ4v) is 4.63. The van der Waals surface area contributed by atoms with Crippen molar-refractivity contribution in [1.29, 1.82) is 0 Å². The number of hydrogen-bond donors (Lipinski definition) is 1. The maximum absolute atomic E-state index is 12.4. The van der Waals surface area contributed by atoms with Crippen LogP contribution < -0.4 is 9.46 Å². The van der Waals surface area contributed by atoms with Crippen LogP contribution in [0.1, 0.15) is 29.0 Å². The summed E-state index contributed by atoms with van der Waals surface area (Å²) in [6.07, 6.45) is 0. The quantitative estimate of drug-likeness (QED) is 0.916. The molecule has 2 rings (SSSR count). The van der Waals surface area contributed by atoms with Crippen molar-refractivity contribution in [3.63, 3.8) is 0 Å². The van der Waals surface area contributed by atoms with Crippen LogP contribution in [0.25, 0.3) is 0 Å². The van der Waals surface area contributed by atoms with Crippen molar-refractivity contribution < 1.29 is 13.2 Å². The predicted molar refractivity (Wildman–Crippen MR) is 85.5 cm³/mol. The van der Waals surface area contributed by atoms with Gasteiger partial charge in [-0.05, 0) is 39.0 Å². The molecule has 0 radical (unpaired) electrons. The highest BCUT2D eigenvalue weighted by Crippen LogP contribution is 2.28. The van der Waals surface area contributed by atoms with Crippen molar-refractivity contribution in [2.45, 2.75) is 31.0 Å². The summed E-state index contributed by atoms with van der Waals surface area (Å²) in [4.78, 5) is 0.969. The van der Waals surface area contributed by atoms with Gasteiger partial charge >= 0.3 is 0 Å². The largest absolute Gasteiger partial charge is 0.496 e. The average molecular weight is 325 g/mol. The second-order valence-electron chi connectivity index (χ2n) is 4.95. The van der Waals surface area contributed by atoms with E-state index in [2.05, 4.69) is 4.72 Å². The van der Waals surface area contributed by atoms with E-state index < -0.39 is 10.0 Å². The van der Waals surface area contributed by atoms with Crippen molar-refractivity contribution in [2.75, 3.05) is 7.11 Å². The Kier molecular flexibility index (Phi) is 4.70. The minimum absolute atomic E-state index is 0.332. The standard InChI is InChI=1S/C15H19NO3S2/c1-10-5-7-14(19-4)13(9-10)12(3)16-21(17,18)15-8-6-11(2)20-15/h5-9,12,16H,1-4H3. The Morgan fingerprint density at radius 3 is 2.48 bits per heavy atom. The van der Waals surface area contributed by atoms with Crippen LogP contribution in [-0.4, -0.2) is 15.5 Å². The minimum Gasteiger partial charge on any atom is -0.496 e. The van der Waals surface area contributed by atoms with Gasteiger partial charge in [0.25, 0.3) is 10.0 Å². The molecule has 1 unspecified atom stereocenters. The number of ether oxygens (including phenoxy) is 1. The molecule has 0 spiro atoms. The molecule has 21 heavy (non-hydrogen) atoms. The molecule has 0 bridgehead atoms. The topological polar surface area (TPSA) is 55.4 Å². The number of thiophene rings is 1. The van der Waals surface area contributed by atoms with E-state index in [0.29, 0.717) is 9.96 Å². The van der Waals surface area contributed by atoms with Gasteiger partial charge in [0.15, 0.2) is 0 Å². The summed E-state index contributed by atoms with van der Waals surface area (Å²) >= 11 is 1.26. The first kappa shape index (κ1) is 16.0. The van der Waals surface area contributed by atoms with E-state index in [9.17, 15) is 8.42 Å². The lowest BCUT2D eigenvalue weighted by molar-refractivity contribution is 0.405. The molecule has 2 aromatic rings. The molecule has 0 aliphatic rings. The molecule has 1 N–H and O–H groups in total. The van der Waals surface area contributed by atoms with E-state index in [1.165, 1.54) is 11.3 Å². The second kappa shape index (κ2) is 6.17. The van der Waals surface area contributed by atoms with Gasteiger partial charge in [0.2, 0.25) is 0 Å². The van der Waals surface area contributed by atoms with Crippen molar-refractivity contribution in [3.05, 3.63) is 46.3 Å². The zero-order chi connectivity index (χ0) is 15.6. The molecule has 0 aliphatic heterocycles. The van der Waals surface area contributed by atoms with Gasteiger partial charge in [-0.1, -0.05) is 17.7 Å². The van der Waals surface area contributed by atoms with Crippen molar-refractivity contribution >= 4 is 21.4 Å². The summed E-state index contributed by atoms with van der Waals surface area (Å²) in [5.41, 5.74) is 1.89. The minimum atomic E-state index is -3.51. The fraction of sp³-hybridized carbons (Fsp3) is 0.333. The highest BCUT2D eigenvalue weighted by atomic mass is 32.2. The first-order valence-electron chi connectivity index (χ1n) is 6.57. The number of sulfonamides is 1. The Labute approximate surface area is 129 Å². The van der Waals surface area contributed by atoms with Crippen molar-refractivity contribution in [1.82, 2.24) is 4.72 Å². The van der Waals surface area contributed by atoms with Crippen molar-refractivity contribution in [2.24, 2.45) is 0 Å². The van der Waals surface area contributed by atoms with Crippen LogP contribution >= 0.6 is 11.3 Å². The molecule has 1 heterocycles. The van der Waals surface area contributed by atoms with E-state index >= 15 is 0 Å². The lowest BCUT2D eigenvalue weighted by Gasteiger charge is -2.17. The molecule has 1 aromatic heterocycles. The summed E-state index contributed by atoms with van der Waals surface area (Å²) in [5, 5.41) is 0. The van der Waals surface area contributed by atoms with Gasteiger partial charge in [-0.15, -0.1) is 11.3 Å². The maximum atomic E-state index is 12.4. The average Bonchev–Trinajstić information content (AvgIpc) is 2.85. The predicted octanol–water partition coefficient (Wildman–Crippen LogP) is 3.41. The monoisotopic (exact) mass is 325 g/mol. The number of methoxy groups -OCH3 is 1. The van der Waals surface area contributed by atoms with Gasteiger partial charge in [0.05, 0.1) is 7.11 Å². The summed E-state index contributed by atoms with van der Waals surface area (Å²) in [6, 6.07) is 8.79. The number of rotatable bonds is 5. The van der Waals surface area contributed by atoms with Crippen LogP contribution in [0.3, 0.4) is 0 Å². The third kappa shape index (κ3) is 3.64. The summed E-state index contributed by atoms with van der Waals surface area (Å²) < 4.78 is 33.1. The molecular formula is C15H19NO3S2. The van der Waals surface area contributed by atoms with E-state index in [0.717, 1.165) is 16.0 Å². The zero-order valence-electron chi connectivity index (χ0n) is 12.5. The zero-order valence-corrected chi connectivity index (χ0v) is 14.1. The molecule has 1 atom stereocenters.